The van der Waals surface area contributed by atoms with E-state index < -0.39 is 5.97 Å². The summed E-state index contributed by atoms with van der Waals surface area (Å²) in [6.07, 6.45) is 1.81. The summed E-state index contributed by atoms with van der Waals surface area (Å²) in [6.45, 7) is 8.19. The molecule has 0 radical (unpaired) electrons. The van der Waals surface area contributed by atoms with Gasteiger partial charge in [-0.25, -0.2) is 4.79 Å². The van der Waals surface area contributed by atoms with Crippen LogP contribution in [0.4, 0.5) is 5.69 Å². The first-order chi connectivity index (χ1) is 12.8. The molecule has 0 saturated heterocycles. The minimum absolute atomic E-state index is 0.243. The van der Waals surface area contributed by atoms with Crippen LogP contribution in [0.2, 0.25) is 0 Å². The predicted molar refractivity (Wildman–Crippen MR) is 118 cm³/mol. The van der Waals surface area contributed by atoms with E-state index in [9.17, 15) is 9.90 Å². The van der Waals surface area contributed by atoms with E-state index in [0.29, 0.717) is 5.69 Å². The molecule has 138 valence electrons. The van der Waals surface area contributed by atoms with Gasteiger partial charge in [-0.15, -0.1) is 0 Å². The van der Waals surface area contributed by atoms with Crippen LogP contribution in [0.3, 0.4) is 0 Å². The number of carboxylic acids is 1. The Morgan fingerprint density at radius 2 is 1.78 bits per heavy atom. The lowest BCUT2D eigenvalue weighted by molar-refractivity contribution is 0.0697. The molecule has 0 fully saturated rings. The largest absolute Gasteiger partial charge is 0.478 e. The number of benzene rings is 2. The Bertz CT molecular complexity index is 1060. The van der Waals surface area contributed by atoms with Crippen LogP contribution in [0.25, 0.3) is 5.69 Å². The number of aliphatic imine (C=N–C) groups is 1. The normalized spacial score (nSPS) is 11.3. The van der Waals surface area contributed by atoms with Crippen LogP contribution >= 0.6 is 22.6 Å². The molecule has 3 rings (SSSR count). The Kier molecular flexibility index (Phi) is 5.51. The molecule has 1 aromatic heterocycles. The number of carbonyl (C=O) groups is 1. The molecule has 0 unspecified atom stereocenters. The maximum atomic E-state index is 11.2. The zero-order valence-corrected chi connectivity index (χ0v) is 17.9. The topological polar surface area (TPSA) is 54.6 Å². The highest BCUT2D eigenvalue weighted by atomic mass is 127. The minimum atomic E-state index is -0.946. The number of aromatic nitrogens is 1. The Hall–Kier alpha value is -2.41. The summed E-state index contributed by atoms with van der Waals surface area (Å²) in [4.78, 5) is 15.8. The quantitative estimate of drug-likeness (QED) is 0.388. The lowest BCUT2D eigenvalue weighted by atomic mass is 10.1. The van der Waals surface area contributed by atoms with E-state index in [2.05, 4.69) is 77.2 Å². The van der Waals surface area contributed by atoms with Gasteiger partial charge >= 0.3 is 5.97 Å². The molecule has 2 aromatic carbocycles. The molecule has 0 amide bonds. The third-order valence-corrected chi connectivity index (χ3v) is 5.88. The highest BCUT2D eigenvalue weighted by molar-refractivity contribution is 14.1. The smallest absolute Gasteiger partial charge is 0.335 e. The van der Waals surface area contributed by atoms with Gasteiger partial charge in [0.05, 0.1) is 11.3 Å². The number of rotatable bonds is 4. The van der Waals surface area contributed by atoms with Gasteiger partial charge in [0.25, 0.3) is 0 Å². The maximum absolute atomic E-state index is 11.2. The van der Waals surface area contributed by atoms with E-state index in [1.54, 1.807) is 18.2 Å². The second-order valence-electron chi connectivity index (χ2n) is 6.66. The monoisotopic (exact) mass is 472 g/mol. The van der Waals surface area contributed by atoms with Crippen LogP contribution < -0.4 is 0 Å². The van der Waals surface area contributed by atoms with Crippen molar-refractivity contribution in [2.24, 2.45) is 4.99 Å². The first-order valence-corrected chi connectivity index (χ1v) is 9.69. The molecule has 4 nitrogen and oxygen atoms in total. The van der Waals surface area contributed by atoms with Crippen molar-refractivity contribution >= 4 is 40.5 Å². The fourth-order valence-electron chi connectivity index (χ4n) is 3.10. The SMILES string of the molecule is Cc1cc(-n2c(C)cc(C=Nc3cc(C(=O)O)ccc3C)c2C)ccc1I. The standard InChI is InChI=1S/C22H21IN2O2/c1-13-5-6-17(22(26)27)11-21(13)24-12-18-10-15(3)25(16(18)4)19-7-8-20(23)14(2)9-19/h5-12H,1-4H3,(H,26,27). The fraction of sp³-hybridized carbons (Fsp3) is 0.182. The molecule has 0 aliphatic heterocycles. The summed E-state index contributed by atoms with van der Waals surface area (Å²) in [5, 5.41) is 9.18. The first kappa shape index (κ1) is 19.4. The molecule has 0 aliphatic rings. The van der Waals surface area contributed by atoms with Crippen molar-refractivity contribution in [3.05, 3.63) is 79.7 Å². The third kappa shape index (κ3) is 3.98. The first-order valence-electron chi connectivity index (χ1n) is 8.61. The molecule has 0 bridgehead atoms. The summed E-state index contributed by atoms with van der Waals surface area (Å²) in [5.41, 5.74) is 7.48. The summed E-state index contributed by atoms with van der Waals surface area (Å²) in [7, 11) is 0. The Morgan fingerprint density at radius 3 is 2.44 bits per heavy atom. The average molecular weight is 472 g/mol. The molecular weight excluding hydrogens is 451 g/mol. The number of carboxylic acid groups (broad SMARTS) is 1. The van der Waals surface area contributed by atoms with Crippen molar-refractivity contribution in [2.45, 2.75) is 27.7 Å². The van der Waals surface area contributed by atoms with Crippen molar-refractivity contribution in [2.75, 3.05) is 0 Å². The predicted octanol–water partition coefficient (Wildman–Crippen LogP) is 5.76. The Labute approximate surface area is 172 Å². The van der Waals surface area contributed by atoms with Crippen LogP contribution in [0.5, 0.6) is 0 Å². The van der Waals surface area contributed by atoms with Crippen molar-refractivity contribution in [3.8, 4) is 5.69 Å². The van der Waals surface area contributed by atoms with Gasteiger partial charge in [-0.05, 0) is 97.8 Å². The molecule has 0 atom stereocenters. The zero-order chi connectivity index (χ0) is 19.7. The highest BCUT2D eigenvalue weighted by Gasteiger charge is 2.11. The molecular formula is C22H21IN2O2. The molecule has 1 heterocycles. The van der Waals surface area contributed by atoms with Gasteiger partial charge in [-0.3, -0.25) is 4.99 Å². The Morgan fingerprint density at radius 1 is 1.04 bits per heavy atom. The summed E-state index contributed by atoms with van der Waals surface area (Å²) in [6, 6.07) is 13.5. The number of hydrogen-bond donors (Lipinski definition) is 1. The maximum Gasteiger partial charge on any atom is 0.335 e. The molecule has 3 aromatic rings. The number of hydrogen-bond acceptors (Lipinski definition) is 2. The molecule has 0 spiro atoms. The fourth-order valence-corrected chi connectivity index (χ4v) is 3.44. The molecule has 1 N–H and O–H groups in total. The van der Waals surface area contributed by atoms with Crippen LogP contribution in [0.15, 0.2) is 47.5 Å². The Balaban J connectivity index is 2.00. The third-order valence-electron chi connectivity index (χ3n) is 4.67. The van der Waals surface area contributed by atoms with Crippen molar-refractivity contribution < 1.29 is 9.90 Å². The van der Waals surface area contributed by atoms with Gasteiger partial charge in [0.2, 0.25) is 0 Å². The number of nitrogens with zero attached hydrogens (tertiary/aromatic N) is 2. The summed E-state index contributed by atoms with van der Waals surface area (Å²) < 4.78 is 3.46. The summed E-state index contributed by atoms with van der Waals surface area (Å²) >= 11 is 2.34. The minimum Gasteiger partial charge on any atom is -0.478 e. The van der Waals surface area contributed by atoms with E-state index in [1.165, 1.54) is 9.13 Å². The average Bonchev–Trinajstić information content (AvgIpc) is 2.90. The van der Waals surface area contributed by atoms with Crippen molar-refractivity contribution in [1.29, 1.82) is 0 Å². The molecule has 0 aliphatic carbocycles. The second-order valence-corrected chi connectivity index (χ2v) is 7.82. The molecule has 27 heavy (non-hydrogen) atoms. The van der Waals surface area contributed by atoms with E-state index in [1.807, 2.05) is 13.1 Å². The van der Waals surface area contributed by atoms with Crippen LogP contribution in [-0.4, -0.2) is 21.9 Å². The molecule has 5 heteroatoms. The van der Waals surface area contributed by atoms with Crippen LogP contribution in [0.1, 0.15) is 38.4 Å². The van der Waals surface area contributed by atoms with Gasteiger partial charge in [0, 0.05) is 32.4 Å². The van der Waals surface area contributed by atoms with E-state index in [-0.39, 0.29) is 5.56 Å². The highest BCUT2D eigenvalue weighted by Crippen LogP contribution is 2.24. The van der Waals surface area contributed by atoms with Crippen molar-refractivity contribution in [1.82, 2.24) is 4.57 Å². The van der Waals surface area contributed by atoms with E-state index >= 15 is 0 Å². The van der Waals surface area contributed by atoms with E-state index in [0.717, 1.165) is 28.2 Å². The lowest BCUT2D eigenvalue weighted by Crippen LogP contribution is -2.00. The van der Waals surface area contributed by atoms with Gasteiger partial charge in [0.15, 0.2) is 0 Å². The van der Waals surface area contributed by atoms with Gasteiger partial charge in [-0.2, -0.15) is 0 Å². The van der Waals surface area contributed by atoms with Gasteiger partial charge in [0.1, 0.15) is 0 Å². The number of aromatic carboxylic acids is 1. The van der Waals surface area contributed by atoms with Crippen LogP contribution in [-0.2, 0) is 0 Å². The van der Waals surface area contributed by atoms with Crippen LogP contribution in [0, 0.1) is 31.3 Å². The van der Waals surface area contributed by atoms with Crippen molar-refractivity contribution in [3.63, 3.8) is 0 Å². The number of aryl methyl sites for hydroxylation is 3. The summed E-state index contributed by atoms with van der Waals surface area (Å²) in [5.74, 6) is -0.946. The lowest BCUT2D eigenvalue weighted by Gasteiger charge is -2.11. The van der Waals surface area contributed by atoms with E-state index in [4.69, 9.17) is 0 Å². The van der Waals surface area contributed by atoms with Gasteiger partial charge in [-0.1, -0.05) is 6.07 Å². The zero-order valence-electron chi connectivity index (χ0n) is 15.7. The number of halogens is 1. The second kappa shape index (κ2) is 7.68. The molecule has 0 saturated carbocycles. The van der Waals surface area contributed by atoms with Gasteiger partial charge < -0.3 is 9.67 Å².